The molecule has 2 aromatic rings. The van der Waals surface area contributed by atoms with E-state index in [1.54, 1.807) is 0 Å². The van der Waals surface area contributed by atoms with E-state index in [0.29, 0.717) is 20.9 Å². The average molecular weight is 535 g/mol. The number of carbonyl (C=O) groups is 1. The van der Waals surface area contributed by atoms with Crippen LogP contribution in [0.3, 0.4) is 0 Å². The Morgan fingerprint density at radius 1 is 1.18 bits per heavy atom. The molecule has 0 aliphatic carbocycles. The summed E-state index contributed by atoms with van der Waals surface area (Å²) >= 11 is 8.87. The molecule has 3 rings (SSSR count). The van der Waals surface area contributed by atoms with Gasteiger partial charge in [0.1, 0.15) is 5.75 Å². The maximum Gasteiger partial charge on any atom is 0.256 e. The highest BCUT2D eigenvalue weighted by Crippen LogP contribution is 2.35. The van der Waals surface area contributed by atoms with Gasteiger partial charge in [-0.15, -0.1) is 0 Å². The molecular formula is C16H10Br2INO2. The van der Waals surface area contributed by atoms with Gasteiger partial charge in [-0.05, 0) is 96.8 Å². The number of phenols is 1. The van der Waals surface area contributed by atoms with Crippen molar-refractivity contribution >= 4 is 71.6 Å². The average Bonchev–Trinajstić information content (AvgIpc) is 2.77. The third kappa shape index (κ3) is 3.09. The van der Waals surface area contributed by atoms with E-state index in [1.807, 2.05) is 36.4 Å². The van der Waals surface area contributed by atoms with Gasteiger partial charge in [-0.25, -0.2) is 0 Å². The third-order valence-electron chi connectivity index (χ3n) is 3.38. The first-order chi connectivity index (χ1) is 10.5. The molecule has 0 bridgehead atoms. The van der Waals surface area contributed by atoms with Gasteiger partial charge in [0.2, 0.25) is 0 Å². The first-order valence-electron chi connectivity index (χ1n) is 6.44. The Balaban J connectivity index is 1.94. The third-order valence-corrected chi connectivity index (χ3v) is 5.26. The number of hydrogen-bond donors (Lipinski definition) is 2. The van der Waals surface area contributed by atoms with Crippen LogP contribution in [-0.2, 0) is 11.2 Å². The molecule has 112 valence electrons. The van der Waals surface area contributed by atoms with Crippen LogP contribution in [0, 0.1) is 3.57 Å². The number of aromatic hydroxyl groups is 1. The molecule has 6 heteroatoms. The summed E-state index contributed by atoms with van der Waals surface area (Å²) in [6.07, 6.45) is 2.52. The van der Waals surface area contributed by atoms with Gasteiger partial charge in [0.15, 0.2) is 0 Å². The topological polar surface area (TPSA) is 49.3 Å². The van der Waals surface area contributed by atoms with E-state index < -0.39 is 0 Å². The summed E-state index contributed by atoms with van der Waals surface area (Å²) in [5, 5.41) is 12.6. The minimum Gasteiger partial charge on any atom is -0.506 e. The van der Waals surface area contributed by atoms with Gasteiger partial charge in [-0.1, -0.05) is 6.08 Å². The fourth-order valence-electron chi connectivity index (χ4n) is 2.32. The lowest BCUT2D eigenvalue weighted by Gasteiger charge is -2.04. The van der Waals surface area contributed by atoms with Crippen molar-refractivity contribution in [3.63, 3.8) is 0 Å². The molecular weight excluding hydrogens is 525 g/mol. The molecule has 0 aromatic heterocycles. The van der Waals surface area contributed by atoms with E-state index >= 15 is 0 Å². The summed E-state index contributed by atoms with van der Waals surface area (Å²) in [7, 11) is 0. The molecule has 1 amide bonds. The number of amides is 1. The Morgan fingerprint density at radius 3 is 2.55 bits per heavy atom. The fourth-order valence-corrected chi connectivity index (χ4v) is 4.09. The van der Waals surface area contributed by atoms with Crippen LogP contribution in [0.25, 0.3) is 5.57 Å². The van der Waals surface area contributed by atoms with Crippen molar-refractivity contribution in [2.24, 2.45) is 0 Å². The van der Waals surface area contributed by atoms with Gasteiger partial charge in [-0.3, -0.25) is 4.79 Å². The second-order valence-corrected chi connectivity index (χ2v) is 7.83. The first kappa shape index (κ1) is 16.0. The van der Waals surface area contributed by atoms with Crippen LogP contribution in [0.5, 0.6) is 5.75 Å². The van der Waals surface area contributed by atoms with Crippen LogP contribution >= 0.6 is 54.5 Å². The number of allylic oxidation sites excluding steroid dienone is 1. The highest BCUT2D eigenvalue weighted by Gasteiger charge is 2.23. The van der Waals surface area contributed by atoms with E-state index in [2.05, 4.69) is 59.8 Å². The van der Waals surface area contributed by atoms with Crippen molar-refractivity contribution in [2.75, 3.05) is 5.32 Å². The Hall–Kier alpha value is -0.860. The van der Waals surface area contributed by atoms with E-state index in [1.165, 1.54) is 0 Å². The lowest BCUT2D eigenvalue weighted by Crippen LogP contribution is -2.04. The molecule has 1 aliphatic heterocycles. The summed E-state index contributed by atoms with van der Waals surface area (Å²) in [6.45, 7) is 0. The number of anilines is 1. The summed E-state index contributed by atoms with van der Waals surface area (Å²) < 4.78 is 2.34. The van der Waals surface area contributed by atoms with Gasteiger partial charge in [-0.2, -0.15) is 0 Å². The molecule has 0 saturated heterocycles. The smallest absolute Gasteiger partial charge is 0.256 e. The zero-order valence-electron chi connectivity index (χ0n) is 11.2. The van der Waals surface area contributed by atoms with Crippen molar-refractivity contribution in [2.45, 2.75) is 6.42 Å². The van der Waals surface area contributed by atoms with Gasteiger partial charge in [0.25, 0.3) is 5.91 Å². The molecule has 0 unspecified atom stereocenters. The van der Waals surface area contributed by atoms with Crippen LogP contribution in [0.15, 0.2) is 45.4 Å². The minimum absolute atomic E-state index is 0.0751. The lowest BCUT2D eigenvalue weighted by molar-refractivity contribution is -0.110. The zero-order valence-corrected chi connectivity index (χ0v) is 16.5. The van der Waals surface area contributed by atoms with Gasteiger partial charge in [0, 0.05) is 20.4 Å². The van der Waals surface area contributed by atoms with Crippen molar-refractivity contribution in [1.29, 1.82) is 0 Å². The molecule has 0 atom stereocenters. The molecule has 3 nitrogen and oxygen atoms in total. The maximum atomic E-state index is 12.1. The number of carbonyl (C=O) groups excluding carboxylic acids is 1. The minimum atomic E-state index is -0.0751. The van der Waals surface area contributed by atoms with Gasteiger partial charge in [0.05, 0.1) is 8.95 Å². The Bertz CT molecular complexity index is 795. The molecule has 2 N–H and O–H groups in total. The quantitative estimate of drug-likeness (QED) is 0.416. The van der Waals surface area contributed by atoms with E-state index in [0.717, 1.165) is 20.4 Å². The molecule has 0 saturated carbocycles. The number of halogens is 3. The van der Waals surface area contributed by atoms with Crippen LogP contribution < -0.4 is 5.32 Å². The Labute approximate surface area is 158 Å². The van der Waals surface area contributed by atoms with Crippen LogP contribution in [-0.4, -0.2) is 11.0 Å². The number of benzene rings is 2. The highest BCUT2D eigenvalue weighted by molar-refractivity contribution is 14.1. The second-order valence-electron chi connectivity index (χ2n) is 4.87. The Kier molecular flexibility index (Phi) is 4.61. The summed E-state index contributed by atoms with van der Waals surface area (Å²) in [5.74, 6) is 0.101. The maximum absolute atomic E-state index is 12.1. The number of nitrogens with one attached hydrogen (secondary N) is 1. The first-order valence-corrected chi connectivity index (χ1v) is 9.10. The highest BCUT2D eigenvalue weighted by atomic mass is 127. The fraction of sp³-hybridized carbons (Fsp3) is 0.0625. The standard InChI is InChI=1S/C16H10Br2INO2/c17-12-5-8(6-13(18)15(12)21)1-3-10-11-7-9(19)2-4-14(11)20-16(10)22/h2-7,21H,1H2,(H,20,22)/b10-3-. The normalized spacial score (nSPS) is 15.0. The Morgan fingerprint density at radius 2 is 1.86 bits per heavy atom. The zero-order chi connectivity index (χ0) is 15.9. The van der Waals surface area contributed by atoms with Crippen molar-refractivity contribution in [3.8, 4) is 5.75 Å². The van der Waals surface area contributed by atoms with Crippen molar-refractivity contribution in [3.05, 3.63) is 60.1 Å². The van der Waals surface area contributed by atoms with E-state index in [4.69, 9.17) is 0 Å². The van der Waals surface area contributed by atoms with Crippen LogP contribution in [0.4, 0.5) is 5.69 Å². The number of rotatable bonds is 2. The monoisotopic (exact) mass is 533 g/mol. The van der Waals surface area contributed by atoms with Crippen molar-refractivity contribution < 1.29 is 9.90 Å². The van der Waals surface area contributed by atoms with Gasteiger partial charge >= 0.3 is 0 Å². The summed E-state index contributed by atoms with van der Waals surface area (Å²) in [4.78, 5) is 12.1. The largest absolute Gasteiger partial charge is 0.506 e. The molecule has 2 aromatic carbocycles. The predicted octanol–water partition coefficient (Wildman–Crippen LogP) is 5.10. The molecule has 0 spiro atoms. The SMILES string of the molecule is O=C1Nc2ccc(I)cc2/C1=C/Cc1cc(Br)c(O)c(Br)c1. The predicted molar refractivity (Wildman–Crippen MR) is 103 cm³/mol. The summed E-state index contributed by atoms with van der Waals surface area (Å²) in [5.41, 5.74) is 3.48. The lowest BCUT2D eigenvalue weighted by atomic mass is 10.0. The van der Waals surface area contributed by atoms with E-state index in [-0.39, 0.29) is 11.7 Å². The molecule has 0 radical (unpaired) electrons. The number of hydrogen-bond acceptors (Lipinski definition) is 2. The summed E-state index contributed by atoms with van der Waals surface area (Å²) in [6, 6.07) is 9.59. The van der Waals surface area contributed by atoms with Crippen molar-refractivity contribution in [1.82, 2.24) is 0 Å². The van der Waals surface area contributed by atoms with Gasteiger partial charge < -0.3 is 10.4 Å². The molecule has 1 aliphatic rings. The van der Waals surface area contributed by atoms with Crippen LogP contribution in [0.1, 0.15) is 11.1 Å². The molecule has 0 fully saturated rings. The molecule has 22 heavy (non-hydrogen) atoms. The van der Waals surface area contributed by atoms with E-state index in [9.17, 15) is 9.90 Å². The number of phenolic OH excluding ortho intramolecular Hbond substituents is 1. The number of fused-ring (bicyclic) bond motifs is 1. The van der Waals surface area contributed by atoms with Crippen LogP contribution in [0.2, 0.25) is 0 Å². The molecule has 1 heterocycles. The second kappa shape index (κ2) is 6.33.